The molecule has 0 radical (unpaired) electrons. The van der Waals surface area contributed by atoms with E-state index in [9.17, 15) is 14.4 Å². The second-order valence-electron chi connectivity index (χ2n) is 8.84. The molecule has 0 spiro atoms. The minimum absolute atomic E-state index is 0.0578. The average molecular weight is 467 g/mol. The molecule has 0 heterocycles. The normalized spacial score (nSPS) is 13.0. The highest BCUT2D eigenvalue weighted by molar-refractivity contribution is 5.79. The summed E-state index contributed by atoms with van der Waals surface area (Å²) in [6, 6.07) is 16.2. The number of hydrogen-bond donors (Lipinski definition) is 3. The maximum Gasteiger partial charge on any atom is 0.407 e. The van der Waals surface area contributed by atoms with Gasteiger partial charge in [-0.1, -0.05) is 67.8 Å². The fraction of sp³-hybridized carbons (Fsp3) is 0.444. The first-order chi connectivity index (χ1) is 16.5. The van der Waals surface area contributed by atoms with Crippen LogP contribution < -0.4 is 10.6 Å². The molecule has 0 bridgehead atoms. The van der Waals surface area contributed by atoms with E-state index in [4.69, 9.17) is 9.84 Å². The van der Waals surface area contributed by atoms with Crippen LogP contribution in [0.5, 0.6) is 0 Å². The lowest BCUT2D eigenvalue weighted by Gasteiger charge is -2.14. The summed E-state index contributed by atoms with van der Waals surface area (Å²) in [5, 5.41) is 14.2. The van der Waals surface area contributed by atoms with Crippen LogP contribution in [-0.4, -0.2) is 42.3 Å². The Morgan fingerprint density at radius 2 is 1.50 bits per heavy atom. The number of benzene rings is 2. The number of carbonyl (C=O) groups is 3. The molecule has 182 valence electrons. The smallest absolute Gasteiger partial charge is 0.407 e. The molecule has 0 saturated carbocycles. The second kappa shape index (κ2) is 12.8. The highest BCUT2D eigenvalue weighted by Crippen LogP contribution is 2.44. The van der Waals surface area contributed by atoms with Gasteiger partial charge in [-0.15, -0.1) is 0 Å². The van der Waals surface area contributed by atoms with Crippen LogP contribution >= 0.6 is 0 Å². The molecule has 2 aromatic carbocycles. The molecular weight excluding hydrogens is 432 g/mol. The highest BCUT2D eigenvalue weighted by atomic mass is 16.5. The molecule has 3 N–H and O–H groups in total. The first-order valence-electron chi connectivity index (χ1n) is 12.1. The molecule has 2 amide bonds. The van der Waals surface area contributed by atoms with Crippen LogP contribution in [0, 0.1) is 0 Å². The molecule has 0 aromatic heterocycles. The zero-order chi connectivity index (χ0) is 24.3. The van der Waals surface area contributed by atoms with Crippen molar-refractivity contribution in [2.24, 2.45) is 0 Å². The quantitative estimate of drug-likeness (QED) is 0.366. The Bertz CT molecular complexity index is 945. The van der Waals surface area contributed by atoms with Crippen LogP contribution in [0.25, 0.3) is 11.1 Å². The van der Waals surface area contributed by atoms with Gasteiger partial charge in [-0.25, -0.2) is 4.79 Å². The first kappa shape index (κ1) is 25.3. The van der Waals surface area contributed by atoms with E-state index in [1.165, 1.54) is 22.3 Å². The SMILES string of the molecule is CC(CC(=O)O)NC(=O)CCCCCCCNC(=O)OCC1c2ccccc2-c2ccccc21. The van der Waals surface area contributed by atoms with Crippen molar-refractivity contribution >= 4 is 18.0 Å². The van der Waals surface area contributed by atoms with Gasteiger partial charge in [0.05, 0.1) is 6.42 Å². The number of nitrogens with one attached hydrogen (secondary N) is 2. The van der Waals surface area contributed by atoms with Crippen molar-refractivity contribution in [3.8, 4) is 11.1 Å². The number of carbonyl (C=O) groups excluding carboxylic acids is 2. The van der Waals surface area contributed by atoms with E-state index in [-0.39, 0.29) is 24.3 Å². The van der Waals surface area contributed by atoms with Crippen LogP contribution in [0.3, 0.4) is 0 Å². The summed E-state index contributed by atoms with van der Waals surface area (Å²) >= 11 is 0. The van der Waals surface area contributed by atoms with Crippen molar-refractivity contribution in [2.45, 2.75) is 63.8 Å². The summed E-state index contributed by atoms with van der Waals surface area (Å²) in [5.41, 5.74) is 4.81. The molecule has 7 heteroatoms. The topological polar surface area (TPSA) is 105 Å². The molecule has 34 heavy (non-hydrogen) atoms. The Morgan fingerprint density at radius 3 is 2.15 bits per heavy atom. The molecule has 2 aromatic rings. The average Bonchev–Trinajstić information content (AvgIpc) is 3.12. The van der Waals surface area contributed by atoms with Crippen molar-refractivity contribution in [3.05, 3.63) is 59.7 Å². The summed E-state index contributed by atoms with van der Waals surface area (Å²) in [4.78, 5) is 34.6. The number of hydrogen-bond acceptors (Lipinski definition) is 4. The molecule has 1 aliphatic rings. The maximum atomic E-state index is 12.2. The number of carboxylic acids is 1. The number of aliphatic carboxylic acids is 1. The number of rotatable bonds is 13. The van der Waals surface area contributed by atoms with Crippen molar-refractivity contribution in [1.82, 2.24) is 10.6 Å². The van der Waals surface area contributed by atoms with E-state index in [1.807, 2.05) is 24.3 Å². The third-order valence-electron chi connectivity index (χ3n) is 6.08. The van der Waals surface area contributed by atoms with Crippen LogP contribution in [0.4, 0.5) is 4.79 Å². The minimum Gasteiger partial charge on any atom is -0.481 e. The van der Waals surface area contributed by atoms with Crippen molar-refractivity contribution < 1.29 is 24.2 Å². The van der Waals surface area contributed by atoms with Crippen LogP contribution in [0.15, 0.2) is 48.5 Å². The first-order valence-corrected chi connectivity index (χ1v) is 12.1. The molecule has 7 nitrogen and oxygen atoms in total. The van der Waals surface area contributed by atoms with Crippen molar-refractivity contribution in [2.75, 3.05) is 13.2 Å². The van der Waals surface area contributed by atoms with E-state index in [0.29, 0.717) is 19.6 Å². The van der Waals surface area contributed by atoms with E-state index in [1.54, 1.807) is 6.92 Å². The Hall–Kier alpha value is -3.35. The number of fused-ring (bicyclic) bond motifs is 3. The van der Waals surface area contributed by atoms with Crippen LogP contribution in [-0.2, 0) is 14.3 Å². The summed E-state index contributed by atoms with van der Waals surface area (Å²) in [7, 11) is 0. The Kier molecular flexibility index (Phi) is 9.50. The minimum atomic E-state index is -0.917. The van der Waals surface area contributed by atoms with Gasteiger partial charge in [0.2, 0.25) is 5.91 Å². The van der Waals surface area contributed by atoms with Crippen LogP contribution in [0.2, 0.25) is 0 Å². The lowest BCUT2D eigenvalue weighted by atomic mass is 9.98. The maximum absolute atomic E-state index is 12.2. The van der Waals surface area contributed by atoms with Crippen LogP contribution in [0.1, 0.15) is 68.9 Å². The molecule has 3 rings (SSSR count). The van der Waals surface area contributed by atoms with E-state index in [2.05, 4.69) is 34.9 Å². The lowest BCUT2D eigenvalue weighted by molar-refractivity contribution is -0.137. The summed E-state index contributed by atoms with van der Waals surface area (Å²) in [6.45, 7) is 2.56. The predicted molar refractivity (Wildman–Crippen MR) is 131 cm³/mol. The predicted octanol–water partition coefficient (Wildman–Crippen LogP) is 4.85. The van der Waals surface area contributed by atoms with Crippen molar-refractivity contribution in [3.63, 3.8) is 0 Å². The fourth-order valence-corrected chi connectivity index (χ4v) is 4.44. The summed E-state index contributed by atoms with van der Waals surface area (Å²) < 4.78 is 5.54. The van der Waals surface area contributed by atoms with Gasteiger partial charge < -0.3 is 20.5 Å². The standard InChI is InChI=1S/C27H34N2O5/c1-19(17-26(31)32)29-25(30)15-5-3-2-4-10-16-28-27(33)34-18-24-22-13-8-6-11-20(22)21-12-7-9-14-23(21)24/h6-9,11-14,19,24H,2-5,10,15-18H2,1H3,(H,28,33)(H,29,30)(H,31,32). The molecule has 1 aliphatic carbocycles. The fourth-order valence-electron chi connectivity index (χ4n) is 4.44. The van der Waals surface area contributed by atoms with Gasteiger partial charge in [0.15, 0.2) is 0 Å². The summed E-state index contributed by atoms with van der Waals surface area (Å²) in [5.74, 6) is -0.965. The molecule has 1 unspecified atom stereocenters. The van der Waals surface area contributed by atoms with Gasteiger partial charge >= 0.3 is 12.1 Å². The Labute approximate surface area is 200 Å². The van der Waals surface area contributed by atoms with Crippen molar-refractivity contribution in [1.29, 1.82) is 0 Å². The molecule has 1 atom stereocenters. The number of alkyl carbamates (subject to hydrolysis) is 1. The van der Waals surface area contributed by atoms with Gasteiger partial charge in [-0.2, -0.15) is 0 Å². The Morgan fingerprint density at radius 1 is 0.912 bits per heavy atom. The number of carboxylic acid groups (broad SMARTS) is 1. The number of ether oxygens (including phenoxy) is 1. The van der Waals surface area contributed by atoms with E-state index < -0.39 is 12.1 Å². The van der Waals surface area contributed by atoms with Gasteiger partial charge in [0, 0.05) is 24.9 Å². The number of unbranched alkanes of at least 4 members (excludes halogenated alkanes) is 4. The highest BCUT2D eigenvalue weighted by Gasteiger charge is 2.28. The second-order valence-corrected chi connectivity index (χ2v) is 8.84. The van der Waals surface area contributed by atoms with Gasteiger partial charge in [-0.05, 0) is 42.0 Å². The number of amides is 2. The van der Waals surface area contributed by atoms with E-state index >= 15 is 0 Å². The third kappa shape index (κ3) is 7.33. The monoisotopic (exact) mass is 466 g/mol. The zero-order valence-electron chi connectivity index (χ0n) is 19.7. The van der Waals surface area contributed by atoms with E-state index in [0.717, 1.165) is 32.1 Å². The van der Waals surface area contributed by atoms with Gasteiger partial charge in [-0.3, -0.25) is 9.59 Å². The third-order valence-corrected chi connectivity index (χ3v) is 6.08. The molecular formula is C27H34N2O5. The summed E-state index contributed by atoms with van der Waals surface area (Å²) in [6.07, 6.45) is 4.42. The largest absolute Gasteiger partial charge is 0.481 e. The zero-order valence-corrected chi connectivity index (χ0v) is 19.7. The van der Waals surface area contributed by atoms with Gasteiger partial charge in [0.25, 0.3) is 0 Å². The van der Waals surface area contributed by atoms with Gasteiger partial charge in [0.1, 0.15) is 6.61 Å². The Balaban J connectivity index is 1.26. The molecule has 0 saturated heterocycles. The molecule has 0 fully saturated rings. The molecule has 0 aliphatic heterocycles. The lowest BCUT2D eigenvalue weighted by Crippen LogP contribution is -2.33.